The van der Waals surface area contributed by atoms with Gasteiger partial charge in [0.1, 0.15) is 0 Å². The van der Waals surface area contributed by atoms with Gasteiger partial charge in [0, 0.05) is 23.6 Å². The van der Waals surface area contributed by atoms with Crippen LogP contribution >= 0.6 is 11.8 Å². The van der Waals surface area contributed by atoms with Gasteiger partial charge < -0.3 is 11.2 Å². The normalized spacial score (nSPS) is 10.5. The minimum absolute atomic E-state index is 0.125. The van der Waals surface area contributed by atoms with Gasteiger partial charge in [0.15, 0.2) is 5.82 Å². The lowest BCUT2D eigenvalue weighted by molar-refractivity contribution is -0.113. The van der Waals surface area contributed by atoms with Crippen LogP contribution in [0.3, 0.4) is 0 Å². The van der Waals surface area contributed by atoms with Crippen molar-refractivity contribution >= 4 is 23.4 Å². The fourth-order valence-corrected chi connectivity index (χ4v) is 2.75. The maximum absolute atomic E-state index is 12.1. The fraction of sp³-hybridized carbons (Fsp3) is 0.125. The summed E-state index contributed by atoms with van der Waals surface area (Å²) in [6.07, 6.45) is 3.33. The Morgan fingerprint density at radius 3 is 2.83 bits per heavy atom. The van der Waals surface area contributed by atoms with E-state index in [1.807, 2.05) is 37.3 Å². The Balaban J connectivity index is 1.64. The first kappa shape index (κ1) is 16.0. The quantitative estimate of drug-likeness (QED) is 0.545. The van der Waals surface area contributed by atoms with Gasteiger partial charge in [-0.15, -0.1) is 10.2 Å². The summed E-state index contributed by atoms with van der Waals surface area (Å²) in [4.78, 5) is 16.1. The molecule has 0 unspecified atom stereocenters. The van der Waals surface area contributed by atoms with Gasteiger partial charge in [-0.2, -0.15) is 0 Å². The Kier molecular flexibility index (Phi) is 4.76. The van der Waals surface area contributed by atoms with Gasteiger partial charge in [-0.3, -0.25) is 9.78 Å². The Morgan fingerprint density at radius 1 is 1.25 bits per heavy atom. The third kappa shape index (κ3) is 3.54. The summed E-state index contributed by atoms with van der Waals surface area (Å²) in [7, 11) is 0. The zero-order valence-corrected chi connectivity index (χ0v) is 13.8. The molecule has 7 nitrogen and oxygen atoms in total. The summed E-state index contributed by atoms with van der Waals surface area (Å²) in [5.41, 5.74) is 2.58. The number of pyridine rings is 1. The molecular weight excluding hydrogens is 324 g/mol. The van der Waals surface area contributed by atoms with Crippen LogP contribution < -0.4 is 11.2 Å². The van der Waals surface area contributed by atoms with Crippen LogP contribution in [0, 0.1) is 6.92 Å². The Hall–Kier alpha value is -2.87. The predicted molar refractivity (Wildman–Crippen MR) is 93.9 cm³/mol. The molecule has 0 spiro atoms. The summed E-state index contributed by atoms with van der Waals surface area (Å²) in [6.45, 7) is 1.94. The van der Waals surface area contributed by atoms with Gasteiger partial charge in [0.25, 0.3) is 0 Å². The molecule has 1 aromatic carbocycles. The molecule has 2 heterocycles. The number of benzene rings is 1. The molecule has 0 fully saturated rings. The van der Waals surface area contributed by atoms with Gasteiger partial charge in [-0.1, -0.05) is 30.0 Å². The van der Waals surface area contributed by atoms with E-state index in [4.69, 9.17) is 5.84 Å². The summed E-state index contributed by atoms with van der Waals surface area (Å²) in [6, 6.07) is 11.3. The number of nitrogens with zero attached hydrogens (tertiary/aromatic N) is 4. The molecule has 3 rings (SSSR count). The largest absolute Gasteiger partial charge is 0.335 e. The van der Waals surface area contributed by atoms with Gasteiger partial charge in [-0.25, -0.2) is 4.68 Å². The van der Waals surface area contributed by atoms with Crippen LogP contribution in [0.1, 0.15) is 5.56 Å². The standard InChI is InChI=1S/C16H16N6OS/c1-11-5-2-3-7-13(11)19-14(23)10-24-16-21-20-15(22(16)17)12-6-4-8-18-9-12/h2-9H,10,17H2,1H3,(H,19,23). The van der Waals surface area contributed by atoms with Crippen molar-refractivity contribution in [3.05, 3.63) is 54.4 Å². The number of rotatable bonds is 5. The summed E-state index contributed by atoms with van der Waals surface area (Å²) < 4.78 is 1.36. The topological polar surface area (TPSA) is 98.7 Å². The number of carbonyl (C=O) groups excluding carboxylic acids is 1. The molecule has 24 heavy (non-hydrogen) atoms. The van der Waals surface area contributed by atoms with Crippen molar-refractivity contribution < 1.29 is 4.79 Å². The number of aromatic nitrogens is 4. The first-order chi connectivity index (χ1) is 11.6. The number of nitrogen functional groups attached to an aromatic ring is 1. The van der Waals surface area contributed by atoms with Crippen molar-refractivity contribution in [1.82, 2.24) is 19.9 Å². The molecule has 0 saturated carbocycles. The number of nitrogens with one attached hydrogen (secondary N) is 1. The number of thioether (sulfide) groups is 1. The first-order valence-corrected chi connectivity index (χ1v) is 8.23. The van der Waals surface area contributed by atoms with E-state index in [0.29, 0.717) is 11.0 Å². The number of hydrogen-bond donors (Lipinski definition) is 2. The Labute approximate surface area is 143 Å². The minimum atomic E-state index is -0.125. The van der Waals surface area contributed by atoms with E-state index >= 15 is 0 Å². The number of carbonyl (C=O) groups is 1. The van der Waals surface area contributed by atoms with Crippen LogP contribution in [0.2, 0.25) is 0 Å². The molecule has 0 aliphatic rings. The average Bonchev–Trinajstić information content (AvgIpc) is 2.97. The van der Waals surface area contributed by atoms with Crippen LogP contribution in [0.4, 0.5) is 5.69 Å². The zero-order valence-electron chi connectivity index (χ0n) is 13.0. The Bertz CT molecular complexity index is 849. The number of nitrogens with two attached hydrogens (primary N) is 1. The van der Waals surface area contributed by atoms with Crippen molar-refractivity contribution in [2.75, 3.05) is 16.9 Å². The third-order valence-electron chi connectivity index (χ3n) is 3.34. The molecule has 1 amide bonds. The molecule has 0 atom stereocenters. The van der Waals surface area contributed by atoms with Gasteiger partial charge in [-0.05, 0) is 30.7 Å². The highest BCUT2D eigenvalue weighted by atomic mass is 32.2. The van der Waals surface area contributed by atoms with E-state index < -0.39 is 0 Å². The second kappa shape index (κ2) is 7.14. The molecule has 2 aromatic heterocycles. The molecule has 122 valence electrons. The molecule has 0 radical (unpaired) electrons. The minimum Gasteiger partial charge on any atom is -0.335 e. The monoisotopic (exact) mass is 340 g/mol. The number of anilines is 1. The fourth-order valence-electron chi connectivity index (χ4n) is 2.10. The van der Waals surface area contributed by atoms with Gasteiger partial charge in [0.05, 0.1) is 5.75 Å². The smallest absolute Gasteiger partial charge is 0.234 e. The van der Waals surface area contributed by atoms with Crippen molar-refractivity contribution in [2.45, 2.75) is 12.1 Å². The number of hydrogen-bond acceptors (Lipinski definition) is 6. The van der Waals surface area contributed by atoms with Crippen LogP contribution in [0.5, 0.6) is 0 Å². The second-order valence-corrected chi connectivity index (χ2v) is 6.01. The van der Waals surface area contributed by atoms with Crippen molar-refractivity contribution in [3.63, 3.8) is 0 Å². The van der Waals surface area contributed by atoms with E-state index in [-0.39, 0.29) is 11.7 Å². The molecular formula is C16H16N6OS. The first-order valence-electron chi connectivity index (χ1n) is 7.24. The lowest BCUT2D eigenvalue weighted by atomic mass is 10.2. The third-order valence-corrected chi connectivity index (χ3v) is 4.28. The summed E-state index contributed by atoms with van der Waals surface area (Å²) in [5.74, 6) is 6.58. The van der Waals surface area contributed by atoms with E-state index in [1.165, 1.54) is 16.4 Å². The van der Waals surface area contributed by atoms with E-state index in [0.717, 1.165) is 16.8 Å². The highest BCUT2D eigenvalue weighted by Gasteiger charge is 2.14. The summed E-state index contributed by atoms with van der Waals surface area (Å²) >= 11 is 1.23. The van der Waals surface area contributed by atoms with Crippen LogP contribution in [0.25, 0.3) is 11.4 Å². The second-order valence-electron chi connectivity index (χ2n) is 5.07. The number of para-hydroxylation sites is 1. The molecule has 3 aromatic rings. The summed E-state index contributed by atoms with van der Waals surface area (Å²) in [5, 5.41) is 11.4. The molecule has 0 aliphatic carbocycles. The Morgan fingerprint density at radius 2 is 2.08 bits per heavy atom. The SMILES string of the molecule is Cc1ccccc1NC(=O)CSc1nnc(-c2cccnc2)n1N. The maximum Gasteiger partial charge on any atom is 0.234 e. The molecule has 0 aliphatic heterocycles. The zero-order chi connectivity index (χ0) is 16.9. The van der Waals surface area contributed by atoms with Crippen molar-refractivity contribution in [2.24, 2.45) is 0 Å². The maximum atomic E-state index is 12.1. The lowest BCUT2D eigenvalue weighted by Gasteiger charge is -2.07. The van der Waals surface area contributed by atoms with Gasteiger partial charge in [0.2, 0.25) is 11.1 Å². The van der Waals surface area contributed by atoms with E-state index in [2.05, 4.69) is 20.5 Å². The van der Waals surface area contributed by atoms with Crippen molar-refractivity contribution in [3.8, 4) is 11.4 Å². The van der Waals surface area contributed by atoms with Gasteiger partial charge >= 0.3 is 0 Å². The number of aryl methyl sites for hydroxylation is 1. The lowest BCUT2D eigenvalue weighted by Crippen LogP contribution is -2.17. The number of amides is 1. The molecule has 8 heteroatoms. The molecule has 3 N–H and O–H groups in total. The van der Waals surface area contributed by atoms with Crippen LogP contribution in [-0.2, 0) is 4.79 Å². The average molecular weight is 340 g/mol. The highest BCUT2D eigenvalue weighted by Crippen LogP contribution is 2.21. The van der Waals surface area contributed by atoms with Crippen LogP contribution in [-0.4, -0.2) is 31.5 Å². The van der Waals surface area contributed by atoms with Crippen LogP contribution in [0.15, 0.2) is 53.9 Å². The van der Waals surface area contributed by atoms with Crippen molar-refractivity contribution in [1.29, 1.82) is 0 Å². The predicted octanol–water partition coefficient (Wildman–Crippen LogP) is 2.09. The van der Waals surface area contributed by atoms with E-state index in [9.17, 15) is 4.79 Å². The molecule has 0 saturated heterocycles. The highest BCUT2D eigenvalue weighted by molar-refractivity contribution is 7.99. The molecule has 0 bridgehead atoms. The van der Waals surface area contributed by atoms with E-state index in [1.54, 1.807) is 18.5 Å².